The van der Waals surface area contributed by atoms with Crippen LogP contribution in [0, 0.1) is 0 Å². The summed E-state index contributed by atoms with van der Waals surface area (Å²) >= 11 is 3.45. The molecule has 2 atom stereocenters. The topological polar surface area (TPSA) is 42.4 Å². The summed E-state index contributed by atoms with van der Waals surface area (Å²) in [5.41, 5.74) is 1.21. The van der Waals surface area contributed by atoms with Gasteiger partial charge in [0.2, 0.25) is 11.8 Å². The molecule has 0 saturated carbocycles. The van der Waals surface area contributed by atoms with E-state index < -0.39 is 0 Å². The molecule has 2 unspecified atom stereocenters. The molecule has 0 aliphatic carbocycles. The van der Waals surface area contributed by atoms with Crippen molar-refractivity contribution >= 4 is 21.8 Å². The fourth-order valence-electron chi connectivity index (χ4n) is 4.25. The average molecular weight is 415 g/mol. The fourth-order valence-corrected chi connectivity index (χ4v) is 4.51. The number of hydrogen-bond acceptors (Lipinski definition) is 3. The van der Waals surface area contributed by atoms with Gasteiger partial charge in [-0.05, 0) is 43.0 Å². The van der Waals surface area contributed by atoms with Crippen LogP contribution in [-0.2, 0) is 11.2 Å². The third-order valence-corrected chi connectivity index (χ3v) is 5.97. The van der Waals surface area contributed by atoms with Gasteiger partial charge in [-0.15, -0.1) is 0 Å². The molecule has 2 fully saturated rings. The Morgan fingerprint density at radius 1 is 1.12 bits per heavy atom. The molecule has 1 aromatic carbocycles. The van der Waals surface area contributed by atoms with Gasteiger partial charge >= 0.3 is 0 Å². The molecule has 1 aromatic heterocycles. The summed E-state index contributed by atoms with van der Waals surface area (Å²) in [6.07, 6.45) is 7.32. The van der Waals surface area contributed by atoms with E-state index in [9.17, 15) is 4.79 Å². The second kappa shape index (κ2) is 7.78. The van der Waals surface area contributed by atoms with Crippen LogP contribution in [-0.4, -0.2) is 34.0 Å². The van der Waals surface area contributed by atoms with E-state index in [4.69, 9.17) is 4.74 Å². The minimum Gasteiger partial charge on any atom is -0.474 e. The van der Waals surface area contributed by atoms with Gasteiger partial charge in [-0.1, -0.05) is 34.1 Å². The summed E-state index contributed by atoms with van der Waals surface area (Å²) in [4.78, 5) is 19.2. The lowest BCUT2D eigenvalue weighted by atomic mass is 9.98. The second-order valence-electron chi connectivity index (χ2n) is 7.19. The molecule has 2 saturated heterocycles. The number of carbonyl (C=O) groups excluding carboxylic acids is 1. The standard InChI is InChI=1S/C21H23BrN2O2/c22-16-7-4-15(5-8-16)6-11-21(25)24-17-9-10-18(24)14-19(13-17)26-20-3-1-2-12-23-20/h1-5,7-8,12,17-19H,6,9-11,13-14H2. The summed E-state index contributed by atoms with van der Waals surface area (Å²) in [7, 11) is 0. The molecule has 2 bridgehead atoms. The Bertz CT molecular complexity index is 736. The lowest BCUT2D eigenvalue weighted by Gasteiger charge is -2.38. The van der Waals surface area contributed by atoms with Gasteiger partial charge in [0.1, 0.15) is 6.10 Å². The van der Waals surface area contributed by atoms with E-state index in [0.29, 0.717) is 24.4 Å². The summed E-state index contributed by atoms with van der Waals surface area (Å²) in [5.74, 6) is 0.976. The van der Waals surface area contributed by atoms with Crippen molar-refractivity contribution in [3.63, 3.8) is 0 Å². The first-order chi connectivity index (χ1) is 12.7. The van der Waals surface area contributed by atoms with Crippen LogP contribution < -0.4 is 4.74 Å². The molecule has 0 spiro atoms. The van der Waals surface area contributed by atoms with Crippen molar-refractivity contribution in [1.82, 2.24) is 9.88 Å². The van der Waals surface area contributed by atoms with Crippen LogP contribution in [0.15, 0.2) is 53.1 Å². The Kier molecular flexibility index (Phi) is 5.25. The van der Waals surface area contributed by atoms with Crippen LogP contribution >= 0.6 is 15.9 Å². The first kappa shape index (κ1) is 17.5. The van der Waals surface area contributed by atoms with Gasteiger partial charge in [0.25, 0.3) is 0 Å². The molecule has 2 aliphatic rings. The molecule has 5 heteroatoms. The number of nitrogens with zero attached hydrogens (tertiary/aromatic N) is 2. The highest BCUT2D eigenvalue weighted by molar-refractivity contribution is 9.10. The first-order valence-electron chi connectivity index (χ1n) is 9.32. The molecule has 26 heavy (non-hydrogen) atoms. The zero-order valence-electron chi connectivity index (χ0n) is 14.7. The highest BCUT2D eigenvalue weighted by Crippen LogP contribution is 2.37. The molecule has 2 aliphatic heterocycles. The molecule has 3 heterocycles. The van der Waals surface area contributed by atoms with E-state index in [0.717, 1.165) is 36.6 Å². The van der Waals surface area contributed by atoms with E-state index in [-0.39, 0.29) is 12.0 Å². The number of ether oxygens (including phenoxy) is 1. The lowest BCUT2D eigenvalue weighted by molar-refractivity contribution is -0.137. The predicted molar refractivity (Wildman–Crippen MR) is 104 cm³/mol. The number of aromatic nitrogens is 1. The zero-order valence-corrected chi connectivity index (χ0v) is 16.3. The largest absolute Gasteiger partial charge is 0.474 e. The van der Waals surface area contributed by atoms with Crippen molar-refractivity contribution in [1.29, 1.82) is 0 Å². The van der Waals surface area contributed by atoms with Crippen LogP contribution in [0.2, 0.25) is 0 Å². The summed E-state index contributed by atoms with van der Waals surface area (Å²) in [6.45, 7) is 0. The van der Waals surface area contributed by atoms with E-state index in [2.05, 4.69) is 37.9 Å². The Morgan fingerprint density at radius 3 is 2.50 bits per heavy atom. The number of carbonyl (C=O) groups is 1. The molecule has 1 amide bonds. The molecular formula is C21H23BrN2O2. The monoisotopic (exact) mass is 414 g/mol. The van der Waals surface area contributed by atoms with Gasteiger partial charge in [0.05, 0.1) is 0 Å². The van der Waals surface area contributed by atoms with Gasteiger partial charge in [0.15, 0.2) is 0 Å². The Hall–Kier alpha value is -1.88. The predicted octanol–water partition coefficient (Wildman–Crippen LogP) is 4.38. The van der Waals surface area contributed by atoms with Crippen LogP contribution in [0.1, 0.15) is 37.7 Å². The number of benzene rings is 1. The van der Waals surface area contributed by atoms with Crippen molar-refractivity contribution in [3.8, 4) is 5.88 Å². The van der Waals surface area contributed by atoms with Gasteiger partial charge in [-0.2, -0.15) is 0 Å². The maximum atomic E-state index is 12.8. The van der Waals surface area contributed by atoms with Gasteiger partial charge in [-0.25, -0.2) is 4.98 Å². The zero-order chi connectivity index (χ0) is 17.9. The molecule has 4 rings (SSSR count). The number of piperidine rings is 1. The number of halogens is 1. The average Bonchev–Trinajstić information content (AvgIpc) is 2.93. The molecular weight excluding hydrogens is 392 g/mol. The van der Waals surface area contributed by atoms with Gasteiger partial charge in [0, 0.05) is 48.1 Å². The van der Waals surface area contributed by atoms with Crippen molar-refractivity contribution in [2.45, 2.75) is 56.7 Å². The van der Waals surface area contributed by atoms with Crippen molar-refractivity contribution < 1.29 is 9.53 Å². The fraction of sp³-hybridized carbons (Fsp3) is 0.429. The minimum absolute atomic E-state index is 0.165. The minimum atomic E-state index is 0.165. The third-order valence-electron chi connectivity index (χ3n) is 5.44. The van der Waals surface area contributed by atoms with Crippen LogP contribution in [0.5, 0.6) is 5.88 Å². The Morgan fingerprint density at radius 2 is 1.85 bits per heavy atom. The smallest absolute Gasteiger partial charge is 0.223 e. The first-order valence-corrected chi connectivity index (χ1v) is 10.1. The number of pyridine rings is 1. The maximum Gasteiger partial charge on any atom is 0.223 e. The SMILES string of the molecule is O=C(CCc1ccc(Br)cc1)N1C2CCC1CC(Oc1ccccn1)C2. The van der Waals surface area contributed by atoms with Gasteiger partial charge < -0.3 is 9.64 Å². The van der Waals surface area contributed by atoms with Crippen molar-refractivity contribution in [2.24, 2.45) is 0 Å². The second-order valence-corrected chi connectivity index (χ2v) is 8.11. The molecule has 4 nitrogen and oxygen atoms in total. The highest BCUT2D eigenvalue weighted by Gasteiger charge is 2.43. The van der Waals surface area contributed by atoms with E-state index in [1.165, 1.54) is 5.56 Å². The van der Waals surface area contributed by atoms with Gasteiger partial charge in [-0.3, -0.25) is 4.79 Å². The van der Waals surface area contributed by atoms with Crippen LogP contribution in [0.25, 0.3) is 0 Å². The number of rotatable bonds is 5. The van der Waals surface area contributed by atoms with Crippen LogP contribution in [0.3, 0.4) is 0 Å². The van der Waals surface area contributed by atoms with Crippen LogP contribution in [0.4, 0.5) is 0 Å². The molecule has 0 N–H and O–H groups in total. The lowest BCUT2D eigenvalue weighted by Crippen LogP contribution is -2.49. The molecule has 136 valence electrons. The van der Waals surface area contributed by atoms with Crippen molar-refractivity contribution in [3.05, 3.63) is 58.7 Å². The number of fused-ring (bicyclic) bond motifs is 2. The summed E-state index contributed by atoms with van der Waals surface area (Å²) < 4.78 is 7.12. The Labute approximate surface area is 162 Å². The highest BCUT2D eigenvalue weighted by atomic mass is 79.9. The number of aryl methyl sites for hydroxylation is 1. The summed E-state index contributed by atoms with van der Waals surface area (Å²) in [6, 6.07) is 14.6. The Balaban J connectivity index is 1.34. The van der Waals surface area contributed by atoms with E-state index in [1.54, 1.807) is 6.20 Å². The quantitative estimate of drug-likeness (QED) is 0.728. The van der Waals surface area contributed by atoms with E-state index in [1.807, 2.05) is 30.3 Å². The normalized spacial score (nSPS) is 24.5. The number of amides is 1. The molecule has 0 radical (unpaired) electrons. The maximum absolute atomic E-state index is 12.8. The third kappa shape index (κ3) is 3.93. The summed E-state index contributed by atoms with van der Waals surface area (Å²) in [5, 5.41) is 0. The van der Waals surface area contributed by atoms with E-state index >= 15 is 0 Å². The van der Waals surface area contributed by atoms with Crippen molar-refractivity contribution in [2.75, 3.05) is 0 Å². The molecule has 2 aromatic rings. The number of hydrogen-bond donors (Lipinski definition) is 0.